The molecule has 108 valence electrons. The van der Waals surface area contributed by atoms with Gasteiger partial charge in [0.1, 0.15) is 0 Å². The molecule has 0 aliphatic rings. The summed E-state index contributed by atoms with van der Waals surface area (Å²) in [6.07, 6.45) is 1.68. The molecule has 0 aliphatic heterocycles. The monoisotopic (exact) mass is 303 g/mol. The summed E-state index contributed by atoms with van der Waals surface area (Å²) in [6, 6.07) is 7.56. The molecule has 0 aromatic heterocycles. The Morgan fingerprint density at radius 1 is 1.37 bits per heavy atom. The lowest BCUT2D eigenvalue weighted by Crippen LogP contribution is -2.35. The van der Waals surface area contributed by atoms with Crippen LogP contribution in [0.3, 0.4) is 0 Å². The topological polar surface area (TPSA) is 49.3 Å². The number of hydrogen-bond donors (Lipinski definition) is 2. The molecule has 0 aliphatic carbocycles. The quantitative estimate of drug-likeness (QED) is 0.736. The Balaban J connectivity index is 2.45. The molecule has 0 saturated heterocycles. The van der Waals surface area contributed by atoms with Crippen molar-refractivity contribution in [2.24, 2.45) is 0 Å². The molecule has 1 aromatic carbocycles. The number of hydrogen-bond acceptors (Lipinski definition) is 3. The first-order valence-corrected chi connectivity index (χ1v) is 8.46. The second-order valence-electron chi connectivity index (χ2n) is 4.54. The summed E-state index contributed by atoms with van der Waals surface area (Å²) in [6.45, 7) is 3.11. The Bertz CT molecular complexity index is 384. The minimum absolute atomic E-state index is 0.123. The van der Waals surface area contributed by atoms with E-state index in [0.29, 0.717) is 22.9 Å². The van der Waals surface area contributed by atoms with E-state index in [1.54, 1.807) is 0 Å². The van der Waals surface area contributed by atoms with E-state index in [0.717, 1.165) is 18.5 Å². The molecule has 2 atom stereocenters. The van der Waals surface area contributed by atoms with Crippen molar-refractivity contribution in [1.29, 1.82) is 0 Å². The fourth-order valence-corrected chi connectivity index (χ4v) is 3.34. The molecule has 2 N–H and O–H groups in total. The first-order valence-electron chi connectivity index (χ1n) is 6.59. The van der Waals surface area contributed by atoms with Crippen molar-refractivity contribution in [2.75, 3.05) is 18.9 Å². The van der Waals surface area contributed by atoms with Crippen molar-refractivity contribution >= 4 is 22.4 Å². The van der Waals surface area contributed by atoms with Crippen LogP contribution >= 0.6 is 11.6 Å². The van der Waals surface area contributed by atoms with Crippen LogP contribution in [0, 0.1) is 0 Å². The highest BCUT2D eigenvalue weighted by molar-refractivity contribution is 7.84. The predicted octanol–water partition coefficient (Wildman–Crippen LogP) is 2.34. The lowest BCUT2D eigenvalue weighted by atomic mass is 10.2. The smallest absolute Gasteiger partial charge is 0.0486 e. The molecule has 5 heteroatoms. The number of rotatable bonds is 9. The Hall–Kier alpha value is -0.420. The van der Waals surface area contributed by atoms with E-state index in [4.69, 9.17) is 16.7 Å². The number of nitrogens with one attached hydrogen (secondary N) is 1. The van der Waals surface area contributed by atoms with Crippen molar-refractivity contribution in [1.82, 2.24) is 5.32 Å². The third-order valence-electron chi connectivity index (χ3n) is 2.79. The fraction of sp³-hybridized carbons (Fsp3) is 0.571. The van der Waals surface area contributed by atoms with Gasteiger partial charge in [0.05, 0.1) is 0 Å². The molecule has 0 fully saturated rings. The van der Waals surface area contributed by atoms with Gasteiger partial charge in [-0.25, -0.2) is 0 Å². The van der Waals surface area contributed by atoms with Gasteiger partial charge in [0, 0.05) is 40.0 Å². The van der Waals surface area contributed by atoms with Gasteiger partial charge in [-0.15, -0.1) is 0 Å². The Morgan fingerprint density at radius 2 is 2.05 bits per heavy atom. The lowest BCUT2D eigenvalue weighted by molar-refractivity contribution is 0.270. The summed E-state index contributed by atoms with van der Waals surface area (Å²) in [7, 11) is -0.929. The van der Waals surface area contributed by atoms with Crippen LogP contribution in [0.5, 0.6) is 0 Å². The minimum Gasteiger partial charge on any atom is -0.396 e. The molecule has 0 saturated carbocycles. The maximum atomic E-state index is 12.1. The van der Waals surface area contributed by atoms with Gasteiger partial charge in [0.2, 0.25) is 0 Å². The van der Waals surface area contributed by atoms with Gasteiger partial charge in [-0.05, 0) is 37.1 Å². The zero-order valence-corrected chi connectivity index (χ0v) is 12.8. The molecule has 1 rings (SSSR count). The summed E-state index contributed by atoms with van der Waals surface area (Å²) in [5.41, 5.74) is 1.03. The predicted molar refractivity (Wildman–Crippen MR) is 81.9 cm³/mol. The van der Waals surface area contributed by atoms with Gasteiger partial charge in [-0.1, -0.05) is 30.7 Å². The number of halogens is 1. The van der Waals surface area contributed by atoms with Gasteiger partial charge in [-0.3, -0.25) is 4.21 Å². The molecule has 1 aromatic rings. The minimum atomic E-state index is -0.929. The second kappa shape index (κ2) is 9.48. The number of benzene rings is 1. The van der Waals surface area contributed by atoms with Crippen LogP contribution in [0.25, 0.3) is 0 Å². The van der Waals surface area contributed by atoms with E-state index in [9.17, 15) is 4.21 Å². The highest BCUT2D eigenvalue weighted by atomic mass is 35.5. The molecule has 2 unspecified atom stereocenters. The van der Waals surface area contributed by atoms with Crippen LogP contribution in [-0.2, 0) is 16.6 Å². The normalized spacial score (nSPS) is 14.3. The fourth-order valence-electron chi connectivity index (χ4n) is 1.80. The van der Waals surface area contributed by atoms with Gasteiger partial charge >= 0.3 is 0 Å². The standard InChI is InChI=1S/C14H22ClNO2S/c1-2-8-16-14(7-9-17)11-19(18)10-12-3-5-13(15)6-4-12/h3-6,14,16-17H,2,7-11H2,1H3. The van der Waals surface area contributed by atoms with Gasteiger partial charge in [0.15, 0.2) is 0 Å². The largest absolute Gasteiger partial charge is 0.396 e. The Labute approximate surface area is 122 Å². The Kier molecular flexibility index (Phi) is 8.30. The van der Waals surface area contributed by atoms with Crippen LogP contribution in [0.2, 0.25) is 5.02 Å². The molecule has 0 amide bonds. The number of aliphatic hydroxyl groups is 1. The molecule has 3 nitrogen and oxygen atoms in total. The zero-order chi connectivity index (χ0) is 14.1. The highest BCUT2D eigenvalue weighted by Crippen LogP contribution is 2.11. The van der Waals surface area contributed by atoms with E-state index in [-0.39, 0.29) is 12.6 Å². The maximum Gasteiger partial charge on any atom is 0.0486 e. The van der Waals surface area contributed by atoms with Crippen molar-refractivity contribution in [3.05, 3.63) is 34.9 Å². The van der Waals surface area contributed by atoms with Crippen LogP contribution in [0.4, 0.5) is 0 Å². The zero-order valence-electron chi connectivity index (χ0n) is 11.3. The Morgan fingerprint density at radius 3 is 2.63 bits per heavy atom. The molecular weight excluding hydrogens is 282 g/mol. The first-order chi connectivity index (χ1) is 9.15. The molecule has 19 heavy (non-hydrogen) atoms. The third-order valence-corrected chi connectivity index (χ3v) is 4.47. The molecule has 0 bridgehead atoms. The average molecular weight is 304 g/mol. The van der Waals surface area contributed by atoms with Gasteiger partial charge in [0.25, 0.3) is 0 Å². The molecule has 0 heterocycles. The SMILES string of the molecule is CCCNC(CCO)CS(=O)Cc1ccc(Cl)cc1. The summed E-state index contributed by atoms with van der Waals surface area (Å²) in [4.78, 5) is 0. The van der Waals surface area contributed by atoms with E-state index < -0.39 is 10.8 Å². The molecule has 0 radical (unpaired) electrons. The summed E-state index contributed by atoms with van der Waals surface area (Å²) in [5.74, 6) is 1.11. The summed E-state index contributed by atoms with van der Waals surface area (Å²) >= 11 is 5.82. The first kappa shape index (κ1) is 16.6. The van der Waals surface area contributed by atoms with E-state index in [1.165, 1.54) is 0 Å². The lowest BCUT2D eigenvalue weighted by Gasteiger charge is -2.17. The summed E-state index contributed by atoms with van der Waals surface area (Å²) in [5, 5.41) is 13.0. The average Bonchev–Trinajstić information content (AvgIpc) is 2.39. The van der Waals surface area contributed by atoms with Gasteiger partial charge in [-0.2, -0.15) is 0 Å². The summed E-state index contributed by atoms with van der Waals surface area (Å²) < 4.78 is 12.1. The number of aliphatic hydroxyl groups excluding tert-OH is 1. The van der Waals surface area contributed by atoms with Crippen molar-refractivity contribution in [3.8, 4) is 0 Å². The van der Waals surface area contributed by atoms with E-state index >= 15 is 0 Å². The second-order valence-corrected chi connectivity index (χ2v) is 6.48. The van der Waals surface area contributed by atoms with Crippen molar-refractivity contribution < 1.29 is 9.32 Å². The van der Waals surface area contributed by atoms with Gasteiger partial charge < -0.3 is 10.4 Å². The molecular formula is C14H22ClNO2S. The molecule has 0 spiro atoms. The van der Waals surface area contributed by atoms with E-state index in [2.05, 4.69) is 12.2 Å². The van der Waals surface area contributed by atoms with Crippen LogP contribution in [0.15, 0.2) is 24.3 Å². The van der Waals surface area contributed by atoms with Crippen LogP contribution < -0.4 is 5.32 Å². The van der Waals surface area contributed by atoms with Crippen LogP contribution in [0.1, 0.15) is 25.3 Å². The van der Waals surface area contributed by atoms with Crippen LogP contribution in [-0.4, -0.2) is 34.3 Å². The van der Waals surface area contributed by atoms with Crippen molar-refractivity contribution in [3.63, 3.8) is 0 Å². The third kappa shape index (κ3) is 7.06. The maximum absolute atomic E-state index is 12.1. The van der Waals surface area contributed by atoms with E-state index in [1.807, 2.05) is 24.3 Å². The van der Waals surface area contributed by atoms with Crippen molar-refractivity contribution in [2.45, 2.75) is 31.6 Å². The highest BCUT2D eigenvalue weighted by Gasteiger charge is 2.12.